The van der Waals surface area contributed by atoms with Gasteiger partial charge < -0.3 is 10.4 Å². The number of anilines is 1. The van der Waals surface area contributed by atoms with E-state index in [0.717, 1.165) is 6.07 Å². The number of rotatable bonds is 5. The van der Waals surface area contributed by atoms with Gasteiger partial charge in [-0.25, -0.2) is 14.8 Å². The Bertz CT molecular complexity index is 643. The molecule has 0 bridgehead atoms. The molecule has 2 aromatic rings. The third kappa shape index (κ3) is 4.15. The van der Waals surface area contributed by atoms with Gasteiger partial charge in [-0.05, 0) is 12.1 Å². The molecule has 0 aliphatic rings. The van der Waals surface area contributed by atoms with E-state index >= 15 is 0 Å². The molecule has 0 saturated heterocycles. The van der Waals surface area contributed by atoms with Crippen LogP contribution >= 0.6 is 11.3 Å². The van der Waals surface area contributed by atoms with Crippen molar-refractivity contribution in [2.24, 2.45) is 0 Å². The molecule has 0 radical (unpaired) electrons. The predicted molar refractivity (Wildman–Crippen MR) is 70.5 cm³/mol. The summed E-state index contributed by atoms with van der Waals surface area (Å²) >= 11 is 1.19. The van der Waals surface area contributed by atoms with Gasteiger partial charge in [0.25, 0.3) is 0 Å². The van der Waals surface area contributed by atoms with Crippen LogP contribution in [-0.2, 0) is 12.6 Å². The van der Waals surface area contributed by atoms with Crippen LogP contribution in [0.15, 0.2) is 23.6 Å². The zero-order chi connectivity index (χ0) is 15.5. The van der Waals surface area contributed by atoms with E-state index in [-0.39, 0.29) is 11.5 Å². The number of halogens is 3. The lowest BCUT2D eigenvalue weighted by molar-refractivity contribution is -0.141. The summed E-state index contributed by atoms with van der Waals surface area (Å²) in [5, 5.41) is 13.5. The molecule has 2 heterocycles. The SMILES string of the molecule is O=C(O)c1csc(CCNc2cccc(C(F)(F)F)n2)n1. The maximum Gasteiger partial charge on any atom is 0.433 e. The normalized spacial score (nSPS) is 11.4. The van der Waals surface area contributed by atoms with Gasteiger partial charge in [0.2, 0.25) is 0 Å². The van der Waals surface area contributed by atoms with Crippen LogP contribution in [0.1, 0.15) is 21.2 Å². The van der Waals surface area contributed by atoms with Gasteiger partial charge in [-0.3, -0.25) is 0 Å². The molecule has 2 aromatic heterocycles. The summed E-state index contributed by atoms with van der Waals surface area (Å²) in [5.74, 6) is -0.996. The minimum absolute atomic E-state index is 0.0350. The van der Waals surface area contributed by atoms with Crippen molar-refractivity contribution in [2.45, 2.75) is 12.6 Å². The van der Waals surface area contributed by atoms with Crippen molar-refractivity contribution in [3.8, 4) is 0 Å². The van der Waals surface area contributed by atoms with Crippen molar-refractivity contribution in [3.63, 3.8) is 0 Å². The average Bonchev–Trinajstić information content (AvgIpc) is 2.87. The molecule has 9 heteroatoms. The van der Waals surface area contributed by atoms with E-state index in [1.165, 1.54) is 28.8 Å². The second-order valence-electron chi connectivity index (χ2n) is 4.01. The third-order valence-corrected chi connectivity index (χ3v) is 3.36. The molecule has 0 amide bonds. The predicted octanol–water partition coefficient (Wildman–Crippen LogP) is 2.91. The van der Waals surface area contributed by atoms with Crippen LogP contribution in [0.4, 0.5) is 19.0 Å². The summed E-state index contributed by atoms with van der Waals surface area (Å²) in [4.78, 5) is 18.0. The van der Waals surface area contributed by atoms with Crippen molar-refractivity contribution < 1.29 is 23.1 Å². The Morgan fingerprint density at radius 2 is 2.10 bits per heavy atom. The zero-order valence-corrected chi connectivity index (χ0v) is 11.3. The first kappa shape index (κ1) is 15.2. The summed E-state index contributed by atoms with van der Waals surface area (Å²) in [6.45, 7) is 0.306. The maximum atomic E-state index is 12.5. The zero-order valence-electron chi connectivity index (χ0n) is 10.5. The molecule has 5 nitrogen and oxygen atoms in total. The molecule has 0 aliphatic heterocycles. The van der Waals surface area contributed by atoms with Crippen LogP contribution in [0.5, 0.6) is 0 Å². The Morgan fingerprint density at radius 1 is 1.33 bits per heavy atom. The highest BCUT2D eigenvalue weighted by molar-refractivity contribution is 7.09. The van der Waals surface area contributed by atoms with Crippen molar-refractivity contribution in [1.82, 2.24) is 9.97 Å². The lowest BCUT2D eigenvalue weighted by Crippen LogP contribution is -2.11. The second kappa shape index (κ2) is 6.08. The molecular weight excluding hydrogens is 307 g/mol. The van der Waals surface area contributed by atoms with Crippen molar-refractivity contribution in [2.75, 3.05) is 11.9 Å². The highest BCUT2D eigenvalue weighted by Crippen LogP contribution is 2.28. The van der Waals surface area contributed by atoms with Crippen LogP contribution in [0.2, 0.25) is 0 Å². The number of aromatic nitrogens is 2. The first-order valence-electron chi connectivity index (χ1n) is 5.82. The topological polar surface area (TPSA) is 75.1 Å². The fourth-order valence-corrected chi connectivity index (χ4v) is 2.28. The number of carbonyl (C=O) groups is 1. The van der Waals surface area contributed by atoms with Gasteiger partial charge in [-0.15, -0.1) is 11.3 Å². The monoisotopic (exact) mass is 317 g/mol. The Morgan fingerprint density at radius 3 is 2.71 bits per heavy atom. The van der Waals surface area contributed by atoms with E-state index < -0.39 is 17.8 Å². The minimum Gasteiger partial charge on any atom is -0.476 e. The number of carboxylic acid groups (broad SMARTS) is 1. The fraction of sp³-hybridized carbons (Fsp3) is 0.250. The number of aromatic carboxylic acids is 1. The first-order valence-corrected chi connectivity index (χ1v) is 6.70. The third-order valence-electron chi connectivity index (χ3n) is 2.46. The van der Waals surface area contributed by atoms with E-state index in [1.54, 1.807) is 0 Å². The van der Waals surface area contributed by atoms with E-state index in [9.17, 15) is 18.0 Å². The lowest BCUT2D eigenvalue weighted by atomic mass is 10.3. The number of hydrogen-bond acceptors (Lipinski definition) is 5. The molecule has 0 saturated carbocycles. The van der Waals surface area contributed by atoms with Gasteiger partial charge in [-0.1, -0.05) is 6.07 Å². The van der Waals surface area contributed by atoms with Gasteiger partial charge in [0.05, 0.1) is 5.01 Å². The number of carboxylic acids is 1. The van der Waals surface area contributed by atoms with Crippen molar-refractivity contribution >= 4 is 23.1 Å². The first-order chi connectivity index (χ1) is 9.86. The van der Waals surface area contributed by atoms with Crippen LogP contribution in [-0.4, -0.2) is 27.6 Å². The largest absolute Gasteiger partial charge is 0.476 e. The van der Waals surface area contributed by atoms with E-state index in [1.807, 2.05) is 0 Å². The van der Waals surface area contributed by atoms with E-state index in [2.05, 4.69) is 15.3 Å². The van der Waals surface area contributed by atoms with Crippen LogP contribution in [0.3, 0.4) is 0 Å². The average molecular weight is 317 g/mol. The lowest BCUT2D eigenvalue weighted by Gasteiger charge is -2.08. The highest BCUT2D eigenvalue weighted by atomic mass is 32.1. The maximum absolute atomic E-state index is 12.5. The summed E-state index contributed by atoms with van der Waals surface area (Å²) in [6, 6.07) is 3.59. The molecule has 0 aliphatic carbocycles. The molecular formula is C12H10F3N3O2S. The summed E-state index contributed by atoms with van der Waals surface area (Å²) < 4.78 is 37.4. The Kier molecular flexibility index (Phi) is 4.41. The Labute approximate surface area is 121 Å². The Balaban J connectivity index is 1.92. The number of nitrogens with one attached hydrogen (secondary N) is 1. The second-order valence-corrected chi connectivity index (χ2v) is 4.96. The van der Waals surface area contributed by atoms with Gasteiger partial charge in [-0.2, -0.15) is 13.2 Å². The Hall–Kier alpha value is -2.16. The van der Waals surface area contributed by atoms with Gasteiger partial charge >= 0.3 is 12.1 Å². The van der Waals surface area contributed by atoms with Crippen molar-refractivity contribution in [1.29, 1.82) is 0 Å². The highest BCUT2D eigenvalue weighted by Gasteiger charge is 2.32. The van der Waals surface area contributed by atoms with Crippen molar-refractivity contribution in [3.05, 3.63) is 40.0 Å². The summed E-state index contributed by atoms with van der Waals surface area (Å²) in [5.41, 5.74) is -0.998. The molecule has 21 heavy (non-hydrogen) atoms. The molecule has 2 rings (SSSR count). The van der Waals surface area contributed by atoms with Crippen LogP contribution < -0.4 is 5.32 Å². The fourth-order valence-electron chi connectivity index (χ4n) is 1.51. The smallest absolute Gasteiger partial charge is 0.433 e. The standard InChI is InChI=1S/C12H10F3N3O2S/c13-12(14,15)8-2-1-3-9(18-8)16-5-4-10-17-7(6-21-10)11(19)20/h1-3,6H,4-5H2,(H,16,18)(H,19,20). The summed E-state index contributed by atoms with van der Waals surface area (Å²) in [7, 11) is 0. The van der Waals surface area contributed by atoms with Crippen LogP contribution in [0.25, 0.3) is 0 Å². The molecule has 0 unspecified atom stereocenters. The molecule has 0 aromatic carbocycles. The van der Waals surface area contributed by atoms with Gasteiger partial charge in [0.1, 0.15) is 11.5 Å². The number of thiazole rings is 1. The van der Waals surface area contributed by atoms with Crippen LogP contribution in [0, 0.1) is 0 Å². The minimum atomic E-state index is -4.48. The number of pyridine rings is 1. The number of hydrogen-bond donors (Lipinski definition) is 2. The van der Waals surface area contributed by atoms with E-state index in [4.69, 9.17) is 5.11 Å². The number of alkyl halides is 3. The number of nitrogens with zero attached hydrogens (tertiary/aromatic N) is 2. The van der Waals surface area contributed by atoms with Gasteiger partial charge in [0, 0.05) is 18.3 Å². The quantitative estimate of drug-likeness (QED) is 0.887. The molecule has 0 spiro atoms. The summed E-state index contributed by atoms with van der Waals surface area (Å²) in [6.07, 6.45) is -4.08. The van der Waals surface area contributed by atoms with Gasteiger partial charge in [0.15, 0.2) is 5.69 Å². The van der Waals surface area contributed by atoms with E-state index in [0.29, 0.717) is 18.0 Å². The molecule has 0 fully saturated rings. The molecule has 0 atom stereocenters. The molecule has 2 N–H and O–H groups in total. The molecule has 112 valence electrons.